The molecule has 0 unspecified atom stereocenters. The molecule has 16 heteroatoms. The number of esters is 1. The molecule has 5 aliphatic rings. The van der Waals surface area contributed by atoms with E-state index in [0.29, 0.717) is 40.0 Å². The number of fused-ring (bicyclic) bond motifs is 5. The number of ether oxygens (including phenoxy) is 3. The van der Waals surface area contributed by atoms with Gasteiger partial charge in [-0.25, -0.2) is 4.39 Å². The lowest BCUT2D eigenvalue weighted by Gasteiger charge is -2.61. The minimum atomic E-state index is -4.55. The summed E-state index contributed by atoms with van der Waals surface area (Å²) in [6, 6.07) is 7.36. The van der Waals surface area contributed by atoms with Crippen LogP contribution in [-0.2, 0) is 49.2 Å². The molecule has 0 radical (unpaired) electrons. The number of aryl methyl sites for hydroxylation is 2. The third kappa shape index (κ3) is 16.7. The molecule has 0 bridgehead atoms. The van der Waals surface area contributed by atoms with Crippen molar-refractivity contribution in [2.24, 2.45) is 69.8 Å². The van der Waals surface area contributed by atoms with Gasteiger partial charge >= 0.3 is 12.1 Å². The van der Waals surface area contributed by atoms with Crippen molar-refractivity contribution in [3.8, 4) is 0 Å². The van der Waals surface area contributed by atoms with Crippen molar-refractivity contribution in [1.29, 1.82) is 0 Å². The molecule has 3 amide bonds. The molecule has 2 N–H and O–H groups in total. The predicted molar refractivity (Wildman–Crippen MR) is 316 cm³/mol. The summed E-state index contributed by atoms with van der Waals surface area (Å²) in [5.41, 5.74) is 7.68. The van der Waals surface area contributed by atoms with E-state index in [-0.39, 0.29) is 119 Å². The van der Waals surface area contributed by atoms with Crippen LogP contribution in [0.5, 0.6) is 0 Å². The molecule has 84 heavy (non-hydrogen) atoms. The van der Waals surface area contributed by atoms with E-state index in [1.807, 2.05) is 0 Å². The number of ketones is 2. The van der Waals surface area contributed by atoms with Gasteiger partial charge in [0.25, 0.3) is 0 Å². The van der Waals surface area contributed by atoms with Crippen LogP contribution in [0.4, 0.5) is 17.6 Å². The maximum absolute atomic E-state index is 14.3. The number of hydrogen-bond acceptors (Lipinski definition) is 9. The Bertz CT molecular complexity index is 2610. The van der Waals surface area contributed by atoms with Crippen LogP contribution < -0.4 is 5.73 Å². The number of hydrogen-bond donors (Lipinski definition) is 1. The molecule has 468 valence electrons. The number of benzene rings is 2. The molecule has 1 heterocycles. The molecular weight excluding hydrogens is 1080 g/mol. The lowest BCUT2D eigenvalue weighted by Crippen LogP contribution is -2.54. The summed E-state index contributed by atoms with van der Waals surface area (Å²) < 4.78 is 72.7. The van der Waals surface area contributed by atoms with Crippen LogP contribution in [-0.4, -0.2) is 97.7 Å². The zero-order chi connectivity index (χ0) is 61.3. The number of carbonyl (C=O) groups excluding carboxylic acids is 6. The van der Waals surface area contributed by atoms with E-state index in [9.17, 15) is 46.3 Å². The first-order chi connectivity index (χ1) is 39.7. The van der Waals surface area contributed by atoms with Crippen LogP contribution in [0.2, 0.25) is 0 Å². The molecule has 12 nitrogen and oxygen atoms in total. The van der Waals surface area contributed by atoms with E-state index in [4.69, 9.17) is 19.9 Å². The summed E-state index contributed by atoms with van der Waals surface area (Å²) >= 11 is 0. The number of alkyl halides is 3. The molecule has 4 aliphatic carbocycles. The van der Waals surface area contributed by atoms with Crippen LogP contribution in [0.3, 0.4) is 0 Å². The molecule has 0 spiro atoms. The van der Waals surface area contributed by atoms with E-state index in [1.165, 1.54) is 74.8 Å². The summed E-state index contributed by atoms with van der Waals surface area (Å²) in [5.74, 6) is 0.571. The molecule has 2 aromatic rings. The normalized spacial score (nSPS) is 27.9. The van der Waals surface area contributed by atoms with Crippen LogP contribution in [0.25, 0.3) is 0 Å². The molecule has 1 aliphatic heterocycles. The third-order valence-corrected chi connectivity index (χ3v) is 21.4. The molecule has 4 saturated carbocycles. The van der Waals surface area contributed by atoms with Gasteiger partial charge in [0.1, 0.15) is 23.5 Å². The molecule has 2 aromatic carbocycles. The summed E-state index contributed by atoms with van der Waals surface area (Å²) in [7, 11) is 1.56. The highest BCUT2D eigenvalue weighted by atomic mass is 19.4. The molecule has 7 rings (SSSR count). The van der Waals surface area contributed by atoms with Gasteiger partial charge in [0.05, 0.1) is 43.8 Å². The molecular formula is C68H99F4N3O9. The number of Topliss-reactive ketones (excluding diaryl/α,β-unsaturated/α-hetero) is 2. The second-order valence-electron chi connectivity index (χ2n) is 27.3. The average Bonchev–Trinajstić information content (AvgIpc) is 1.49. The first-order valence-corrected chi connectivity index (χ1v) is 31.9. The van der Waals surface area contributed by atoms with Gasteiger partial charge in [-0.3, -0.25) is 28.8 Å². The van der Waals surface area contributed by atoms with Gasteiger partial charge in [-0.1, -0.05) is 71.6 Å². The average molecular weight is 1180 g/mol. The van der Waals surface area contributed by atoms with Crippen molar-refractivity contribution >= 4 is 35.3 Å². The van der Waals surface area contributed by atoms with Crippen molar-refractivity contribution in [2.45, 2.75) is 208 Å². The van der Waals surface area contributed by atoms with Gasteiger partial charge < -0.3 is 29.7 Å². The zero-order valence-electron chi connectivity index (χ0n) is 51.9. The SMILES string of the molecule is Cc1cc([C@H](C)N(C)C(=O)[C@H]2CCN(C(=O)CCC(=O)CCCOCCOCCC(=O)C[C@@H](CC(=O)O[C@H]3CC[C@@]4(C)[C@@H](CC[C@@H]5[C@@H]4CC[C@]4(C)[C@@H]([C@H](C)CCCC(C)C)CC[C@@H]54)C3)C(N)=O)C[C@@H]2c2ccc(F)cc2C)cc(C(F)(F)F)c1. The van der Waals surface area contributed by atoms with Gasteiger partial charge in [0.15, 0.2) is 0 Å². The summed E-state index contributed by atoms with van der Waals surface area (Å²) in [6.07, 6.45) is 10.4. The van der Waals surface area contributed by atoms with Crippen LogP contribution in [0.15, 0.2) is 36.4 Å². The zero-order valence-corrected chi connectivity index (χ0v) is 51.9. The maximum Gasteiger partial charge on any atom is 0.416 e. The molecule has 13 atom stereocenters. The number of carbonyl (C=O) groups is 6. The molecule has 5 fully saturated rings. The first kappa shape index (κ1) is 66.8. The number of halogens is 4. The highest BCUT2D eigenvalue weighted by Gasteiger charge is 2.61. The predicted octanol–water partition coefficient (Wildman–Crippen LogP) is 13.6. The van der Waals surface area contributed by atoms with E-state index in [0.717, 1.165) is 66.9 Å². The summed E-state index contributed by atoms with van der Waals surface area (Å²) in [5, 5.41) is 0. The lowest BCUT2D eigenvalue weighted by atomic mass is 9.44. The van der Waals surface area contributed by atoms with E-state index < -0.39 is 53.2 Å². The Morgan fingerprint density at radius 1 is 0.762 bits per heavy atom. The van der Waals surface area contributed by atoms with Crippen molar-refractivity contribution in [3.05, 3.63) is 70.0 Å². The fourth-order valence-electron chi connectivity index (χ4n) is 16.6. The van der Waals surface area contributed by atoms with Gasteiger partial charge in [-0.15, -0.1) is 0 Å². The monoisotopic (exact) mass is 1180 g/mol. The van der Waals surface area contributed by atoms with E-state index in [2.05, 4.69) is 34.6 Å². The quantitative estimate of drug-likeness (QED) is 0.0496. The Balaban J connectivity index is 0.758. The van der Waals surface area contributed by atoms with E-state index >= 15 is 0 Å². The highest BCUT2D eigenvalue weighted by molar-refractivity contribution is 5.89. The van der Waals surface area contributed by atoms with Crippen LogP contribution in [0.1, 0.15) is 210 Å². The minimum Gasteiger partial charge on any atom is -0.462 e. The second kappa shape index (κ2) is 29.3. The third-order valence-electron chi connectivity index (χ3n) is 21.4. The number of piperidine rings is 1. The number of primary amides is 1. The maximum atomic E-state index is 14.3. The highest BCUT2D eigenvalue weighted by Crippen LogP contribution is 2.68. The number of nitrogens with zero attached hydrogens (tertiary/aromatic N) is 2. The first-order valence-electron chi connectivity index (χ1n) is 31.9. The smallest absolute Gasteiger partial charge is 0.416 e. The van der Waals surface area contributed by atoms with E-state index in [1.54, 1.807) is 44.9 Å². The molecule has 1 saturated heterocycles. The topological polar surface area (TPSA) is 163 Å². The Morgan fingerprint density at radius 2 is 1.48 bits per heavy atom. The van der Waals surface area contributed by atoms with Gasteiger partial charge in [-0.2, -0.15) is 13.2 Å². The minimum absolute atomic E-state index is 0.0175. The fourth-order valence-corrected chi connectivity index (χ4v) is 16.6. The van der Waals surface area contributed by atoms with Crippen LogP contribution in [0, 0.1) is 83.8 Å². The van der Waals surface area contributed by atoms with Crippen molar-refractivity contribution in [2.75, 3.05) is 46.6 Å². The summed E-state index contributed by atoms with van der Waals surface area (Å²) in [6.45, 7) is 18.5. The number of rotatable bonds is 28. The van der Waals surface area contributed by atoms with Crippen LogP contribution >= 0.6 is 0 Å². The van der Waals surface area contributed by atoms with Crippen molar-refractivity contribution in [3.63, 3.8) is 0 Å². The molecule has 0 aromatic heterocycles. The Hall–Kier alpha value is -4.70. The number of amides is 3. The van der Waals surface area contributed by atoms with Gasteiger partial charge in [0.2, 0.25) is 17.7 Å². The van der Waals surface area contributed by atoms with Crippen molar-refractivity contribution < 1.29 is 60.5 Å². The second-order valence-corrected chi connectivity index (χ2v) is 27.3. The number of likely N-dealkylation sites (tertiary alicyclic amines) is 1. The Labute approximate surface area is 498 Å². The van der Waals surface area contributed by atoms with Gasteiger partial charge in [-0.05, 0) is 185 Å². The largest absolute Gasteiger partial charge is 0.462 e. The number of nitrogens with two attached hydrogens (primary N) is 1. The van der Waals surface area contributed by atoms with Gasteiger partial charge in [0, 0.05) is 70.7 Å². The Kier molecular flexibility index (Phi) is 23.3. The van der Waals surface area contributed by atoms with Crippen molar-refractivity contribution in [1.82, 2.24) is 9.80 Å². The fraction of sp³-hybridized carbons (Fsp3) is 0.735. The lowest BCUT2D eigenvalue weighted by molar-refractivity contribution is -0.164. The summed E-state index contributed by atoms with van der Waals surface area (Å²) in [4.78, 5) is 82.5. The standard InChI is InChI=1S/C68H99F4N3O9/c1-42(2)12-10-13-44(4)59-20-21-60-57-18-15-49-40-54(23-27-66(49,7)61(57)24-28-67(59,60)8)84-63(79)39-48(64(73)80)38-53(77)26-31-83-33-32-82-30-11-14-52(76)17-22-62(78)75-29-25-56(58(41-75)55-19-16-51(69)36-45(55)5)65(81)74(9)46(6)47-34-43(3)35-50(37-47)68(70,71)72/h16,19,34-37,42,44,46,48-49,54,56-61H,10-15,17-18,20-33,38-41H2,1-9H3,(H2,73,80)/t44-,46+,48+,49+,54+,56+,57+,58-,59-,60+,61+,66+,67-/m1/s1. The Morgan fingerprint density at radius 3 is 2.18 bits per heavy atom.